The lowest BCUT2D eigenvalue weighted by atomic mass is 9.68. The van der Waals surface area contributed by atoms with Gasteiger partial charge in [-0.05, 0) is 50.2 Å². The highest BCUT2D eigenvalue weighted by Gasteiger charge is 2.54. The van der Waals surface area contributed by atoms with Crippen LogP contribution < -0.4 is 5.73 Å². The molecule has 3 rings (SSSR count). The summed E-state index contributed by atoms with van der Waals surface area (Å²) < 4.78 is 5.59. The number of aliphatic hydroxyl groups excluding tert-OH is 1. The van der Waals surface area contributed by atoms with E-state index in [1.165, 1.54) is 19.3 Å². The van der Waals surface area contributed by atoms with Crippen molar-refractivity contribution in [2.75, 3.05) is 6.54 Å². The molecular formula is C14H21NO2. The minimum absolute atomic E-state index is 0.132. The number of furan rings is 1. The van der Waals surface area contributed by atoms with E-state index in [9.17, 15) is 5.11 Å². The van der Waals surface area contributed by atoms with Gasteiger partial charge in [0.05, 0.1) is 0 Å². The van der Waals surface area contributed by atoms with Gasteiger partial charge in [-0.1, -0.05) is 6.42 Å². The van der Waals surface area contributed by atoms with E-state index in [-0.39, 0.29) is 5.41 Å². The van der Waals surface area contributed by atoms with Crippen LogP contribution in [0.5, 0.6) is 0 Å². The number of hydrogen-bond acceptors (Lipinski definition) is 3. The zero-order valence-corrected chi connectivity index (χ0v) is 10.4. The van der Waals surface area contributed by atoms with Crippen molar-refractivity contribution in [1.29, 1.82) is 0 Å². The minimum atomic E-state index is -0.531. The minimum Gasteiger partial charge on any atom is -0.464 e. The quantitative estimate of drug-likeness (QED) is 0.845. The molecule has 2 fully saturated rings. The van der Waals surface area contributed by atoms with Crippen LogP contribution in [-0.4, -0.2) is 11.7 Å². The van der Waals surface area contributed by atoms with Gasteiger partial charge in [0, 0.05) is 12.0 Å². The Morgan fingerprint density at radius 2 is 2.35 bits per heavy atom. The van der Waals surface area contributed by atoms with Gasteiger partial charge in [0.1, 0.15) is 17.6 Å². The van der Waals surface area contributed by atoms with Gasteiger partial charge in [0.15, 0.2) is 0 Å². The first-order chi connectivity index (χ1) is 8.15. The van der Waals surface area contributed by atoms with Gasteiger partial charge < -0.3 is 15.3 Å². The van der Waals surface area contributed by atoms with Crippen molar-refractivity contribution >= 4 is 0 Å². The van der Waals surface area contributed by atoms with Gasteiger partial charge in [-0.25, -0.2) is 0 Å². The third kappa shape index (κ3) is 1.56. The van der Waals surface area contributed by atoms with E-state index < -0.39 is 6.10 Å². The molecule has 0 amide bonds. The Morgan fingerprint density at radius 3 is 2.82 bits per heavy atom. The number of hydrogen-bond donors (Lipinski definition) is 2. The first-order valence-electron chi connectivity index (χ1n) is 6.60. The second-order valence-corrected chi connectivity index (χ2v) is 5.87. The SMILES string of the molecule is Cc1ccc(C(O)C2(CN)CC3CCC2C3)o1. The average molecular weight is 235 g/mol. The Kier molecular flexibility index (Phi) is 2.56. The summed E-state index contributed by atoms with van der Waals surface area (Å²) in [5.74, 6) is 2.90. The topological polar surface area (TPSA) is 59.4 Å². The van der Waals surface area contributed by atoms with Gasteiger partial charge in [-0.3, -0.25) is 0 Å². The second-order valence-electron chi connectivity index (χ2n) is 5.87. The smallest absolute Gasteiger partial charge is 0.133 e. The van der Waals surface area contributed by atoms with Gasteiger partial charge in [0.25, 0.3) is 0 Å². The summed E-state index contributed by atoms with van der Waals surface area (Å²) in [6.07, 6.45) is 4.31. The van der Waals surface area contributed by atoms with Crippen molar-refractivity contribution in [2.24, 2.45) is 23.0 Å². The molecule has 0 spiro atoms. The molecule has 0 aliphatic heterocycles. The van der Waals surface area contributed by atoms with Gasteiger partial charge in [-0.15, -0.1) is 0 Å². The van der Waals surface area contributed by atoms with E-state index >= 15 is 0 Å². The van der Waals surface area contributed by atoms with Crippen LogP contribution in [0.4, 0.5) is 0 Å². The van der Waals surface area contributed by atoms with Crippen LogP contribution in [0, 0.1) is 24.2 Å². The molecule has 2 saturated carbocycles. The summed E-state index contributed by atoms with van der Waals surface area (Å²) in [7, 11) is 0. The largest absolute Gasteiger partial charge is 0.464 e. The lowest BCUT2D eigenvalue weighted by Crippen LogP contribution is -2.41. The van der Waals surface area contributed by atoms with Crippen LogP contribution in [0.15, 0.2) is 16.5 Å². The molecule has 2 aliphatic carbocycles. The van der Waals surface area contributed by atoms with Gasteiger partial charge >= 0.3 is 0 Å². The predicted molar refractivity (Wildman–Crippen MR) is 65.3 cm³/mol. The molecule has 3 N–H and O–H groups in total. The van der Waals surface area contributed by atoms with Crippen LogP contribution in [0.1, 0.15) is 43.3 Å². The normalized spacial score (nSPS) is 37.6. The van der Waals surface area contributed by atoms with Crippen LogP contribution >= 0.6 is 0 Å². The van der Waals surface area contributed by atoms with E-state index in [1.54, 1.807) is 0 Å². The van der Waals surface area contributed by atoms with Crippen molar-refractivity contribution in [3.63, 3.8) is 0 Å². The Labute approximate surface area is 102 Å². The van der Waals surface area contributed by atoms with E-state index in [4.69, 9.17) is 10.2 Å². The maximum atomic E-state index is 10.6. The monoisotopic (exact) mass is 235 g/mol. The summed E-state index contributed by atoms with van der Waals surface area (Å²) in [6.45, 7) is 2.47. The van der Waals surface area contributed by atoms with Crippen molar-refractivity contribution < 1.29 is 9.52 Å². The standard InChI is InChI=1S/C14H21NO2/c1-9-2-5-12(17-9)13(16)14(8-15)7-10-3-4-11(14)6-10/h2,5,10-11,13,16H,3-4,6-8,15H2,1H3. The molecule has 4 atom stereocenters. The van der Waals surface area contributed by atoms with Crippen molar-refractivity contribution in [1.82, 2.24) is 0 Å². The summed E-state index contributed by atoms with van der Waals surface area (Å²) in [4.78, 5) is 0. The van der Waals surface area contributed by atoms with Gasteiger partial charge in [-0.2, -0.15) is 0 Å². The Morgan fingerprint density at radius 1 is 1.53 bits per heavy atom. The molecule has 0 saturated heterocycles. The Balaban J connectivity index is 1.91. The third-order valence-corrected chi connectivity index (χ3v) is 4.98. The summed E-state index contributed by atoms with van der Waals surface area (Å²) in [5, 5.41) is 10.6. The van der Waals surface area contributed by atoms with Crippen LogP contribution in [-0.2, 0) is 0 Å². The molecular weight excluding hydrogens is 214 g/mol. The van der Waals surface area contributed by atoms with E-state index in [1.807, 2.05) is 19.1 Å². The maximum absolute atomic E-state index is 10.6. The number of aliphatic hydroxyl groups is 1. The molecule has 3 nitrogen and oxygen atoms in total. The van der Waals surface area contributed by atoms with Crippen molar-refractivity contribution in [2.45, 2.75) is 38.7 Å². The number of nitrogens with two attached hydrogens (primary N) is 1. The van der Waals surface area contributed by atoms with Crippen LogP contribution in [0.3, 0.4) is 0 Å². The molecule has 3 heteroatoms. The molecule has 1 aromatic heterocycles. The maximum Gasteiger partial charge on any atom is 0.133 e. The highest BCUT2D eigenvalue weighted by Crippen LogP contribution is 2.60. The lowest BCUT2D eigenvalue weighted by Gasteiger charge is -2.39. The molecule has 1 heterocycles. The lowest BCUT2D eigenvalue weighted by molar-refractivity contribution is -0.0263. The number of fused-ring (bicyclic) bond motifs is 2. The van der Waals surface area contributed by atoms with Crippen LogP contribution in [0.25, 0.3) is 0 Å². The summed E-state index contributed by atoms with van der Waals surface area (Å²) in [5.41, 5.74) is 5.87. The summed E-state index contributed by atoms with van der Waals surface area (Å²) in [6, 6.07) is 3.80. The Hall–Kier alpha value is -0.800. The van der Waals surface area contributed by atoms with Gasteiger partial charge in [0.2, 0.25) is 0 Å². The molecule has 2 aliphatic rings. The highest BCUT2D eigenvalue weighted by molar-refractivity contribution is 5.15. The fourth-order valence-electron chi connectivity index (χ4n) is 4.07. The molecule has 0 radical (unpaired) electrons. The Bertz CT molecular complexity index is 414. The predicted octanol–water partition coefficient (Wildman–Crippen LogP) is 2.39. The first kappa shape index (κ1) is 11.3. The fourth-order valence-corrected chi connectivity index (χ4v) is 4.07. The molecule has 0 aromatic carbocycles. The molecule has 94 valence electrons. The first-order valence-corrected chi connectivity index (χ1v) is 6.60. The molecule has 2 bridgehead atoms. The summed E-state index contributed by atoms with van der Waals surface area (Å²) >= 11 is 0. The average Bonchev–Trinajstić information content (AvgIpc) is 3.02. The zero-order chi connectivity index (χ0) is 12.0. The highest BCUT2D eigenvalue weighted by atomic mass is 16.4. The van der Waals surface area contributed by atoms with Crippen LogP contribution in [0.2, 0.25) is 0 Å². The number of aryl methyl sites for hydroxylation is 1. The number of rotatable bonds is 3. The second kappa shape index (κ2) is 3.85. The van der Waals surface area contributed by atoms with E-state index in [0.29, 0.717) is 18.2 Å². The van der Waals surface area contributed by atoms with E-state index in [2.05, 4.69) is 0 Å². The molecule has 4 unspecified atom stereocenters. The van der Waals surface area contributed by atoms with Crippen molar-refractivity contribution in [3.05, 3.63) is 23.7 Å². The van der Waals surface area contributed by atoms with Crippen molar-refractivity contribution in [3.8, 4) is 0 Å². The third-order valence-electron chi connectivity index (χ3n) is 4.98. The molecule has 17 heavy (non-hydrogen) atoms. The van der Waals surface area contributed by atoms with E-state index in [0.717, 1.165) is 18.1 Å². The molecule has 1 aromatic rings. The fraction of sp³-hybridized carbons (Fsp3) is 0.714. The zero-order valence-electron chi connectivity index (χ0n) is 10.4.